The van der Waals surface area contributed by atoms with E-state index in [4.69, 9.17) is 0 Å². The maximum Gasteiger partial charge on any atom is 0.269 e. The molecule has 2 heterocycles. The van der Waals surface area contributed by atoms with Crippen molar-refractivity contribution in [1.29, 1.82) is 0 Å². The fourth-order valence-corrected chi connectivity index (χ4v) is 3.62. The summed E-state index contributed by atoms with van der Waals surface area (Å²) < 4.78 is 0. The summed E-state index contributed by atoms with van der Waals surface area (Å²) in [5.74, 6) is 0. The summed E-state index contributed by atoms with van der Waals surface area (Å²) in [6.45, 7) is 4.58. The van der Waals surface area contributed by atoms with E-state index in [2.05, 4.69) is 16.8 Å². The molecule has 0 N–H and O–H groups in total. The van der Waals surface area contributed by atoms with Gasteiger partial charge in [0.05, 0.1) is 4.92 Å². The van der Waals surface area contributed by atoms with Gasteiger partial charge in [0, 0.05) is 30.9 Å². The van der Waals surface area contributed by atoms with Gasteiger partial charge in [-0.1, -0.05) is 0 Å². The Kier molecular flexibility index (Phi) is 3.85. The predicted molar refractivity (Wildman–Crippen MR) is 83.7 cm³/mol. The monoisotopic (exact) mass is 289 g/mol. The minimum atomic E-state index is -0.340. The van der Waals surface area contributed by atoms with Crippen LogP contribution in [0, 0.1) is 15.5 Å². The summed E-state index contributed by atoms with van der Waals surface area (Å²) in [6, 6.07) is 6.97. The van der Waals surface area contributed by atoms with Gasteiger partial charge in [0.2, 0.25) is 0 Å². The number of rotatable bonds is 2. The average Bonchev–Trinajstić information content (AvgIpc) is 2.51. The average molecular weight is 289 g/mol. The molecule has 0 bridgehead atoms. The Morgan fingerprint density at radius 2 is 1.52 bits per heavy atom. The van der Waals surface area contributed by atoms with E-state index in [1.54, 1.807) is 12.1 Å². The highest BCUT2D eigenvalue weighted by molar-refractivity contribution is 5.51. The first-order valence-corrected chi connectivity index (χ1v) is 7.76. The first-order valence-electron chi connectivity index (χ1n) is 7.76. The van der Waals surface area contributed by atoms with E-state index in [0.29, 0.717) is 5.41 Å². The molecule has 0 radical (unpaired) electrons. The lowest BCUT2D eigenvalue weighted by atomic mass is 9.71. The van der Waals surface area contributed by atoms with E-state index in [1.165, 1.54) is 38.8 Å². The second-order valence-corrected chi connectivity index (χ2v) is 6.56. The lowest BCUT2D eigenvalue weighted by Crippen LogP contribution is -2.46. The van der Waals surface area contributed by atoms with Crippen molar-refractivity contribution >= 4 is 11.4 Å². The van der Waals surface area contributed by atoms with Crippen molar-refractivity contribution in [3.8, 4) is 0 Å². The molecule has 0 unspecified atom stereocenters. The minimum absolute atomic E-state index is 0.169. The van der Waals surface area contributed by atoms with Gasteiger partial charge in [0.25, 0.3) is 5.69 Å². The second kappa shape index (κ2) is 5.64. The largest absolute Gasteiger partial charge is 0.371 e. The van der Waals surface area contributed by atoms with Gasteiger partial charge in [-0.15, -0.1) is 0 Å². The normalized spacial score (nSPS) is 22.4. The summed E-state index contributed by atoms with van der Waals surface area (Å²) in [6.07, 6.45) is 5.13. The van der Waals surface area contributed by atoms with Crippen molar-refractivity contribution in [2.45, 2.75) is 25.7 Å². The van der Waals surface area contributed by atoms with E-state index in [9.17, 15) is 10.1 Å². The van der Waals surface area contributed by atoms with Crippen molar-refractivity contribution in [2.75, 3.05) is 38.1 Å². The third-order valence-electron chi connectivity index (χ3n) is 5.30. The fraction of sp³-hybridized carbons (Fsp3) is 0.625. The molecule has 1 spiro atoms. The molecule has 2 fully saturated rings. The van der Waals surface area contributed by atoms with Crippen LogP contribution < -0.4 is 4.90 Å². The molecule has 114 valence electrons. The van der Waals surface area contributed by atoms with Crippen LogP contribution in [-0.2, 0) is 0 Å². The molecule has 0 aromatic heterocycles. The van der Waals surface area contributed by atoms with Gasteiger partial charge in [-0.05, 0) is 63.4 Å². The quantitative estimate of drug-likeness (QED) is 0.620. The third kappa shape index (κ3) is 3.02. The summed E-state index contributed by atoms with van der Waals surface area (Å²) in [5.41, 5.74) is 1.83. The molecule has 0 aliphatic carbocycles. The number of non-ortho nitro benzene ring substituents is 1. The Balaban J connectivity index is 1.61. The van der Waals surface area contributed by atoms with Crippen LogP contribution in [0.2, 0.25) is 0 Å². The zero-order chi connectivity index (χ0) is 14.9. The highest BCUT2D eigenvalue weighted by atomic mass is 16.6. The Morgan fingerprint density at radius 1 is 1.00 bits per heavy atom. The maximum atomic E-state index is 10.7. The van der Waals surface area contributed by atoms with Crippen LogP contribution in [0.5, 0.6) is 0 Å². The first kappa shape index (κ1) is 14.3. The molecule has 3 rings (SSSR count). The van der Waals surface area contributed by atoms with Crippen LogP contribution in [-0.4, -0.2) is 43.0 Å². The molecule has 0 saturated carbocycles. The van der Waals surface area contributed by atoms with Crippen LogP contribution in [0.25, 0.3) is 0 Å². The summed E-state index contributed by atoms with van der Waals surface area (Å²) >= 11 is 0. The minimum Gasteiger partial charge on any atom is -0.371 e. The molecule has 0 amide bonds. The molecule has 0 atom stereocenters. The number of piperidine rings is 2. The molecule has 1 aromatic carbocycles. The third-order valence-corrected chi connectivity index (χ3v) is 5.30. The number of anilines is 1. The number of nitro benzene ring substituents is 1. The van der Waals surface area contributed by atoms with Gasteiger partial charge >= 0.3 is 0 Å². The van der Waals surface area contributed by atoms with E-state index >= 15 is 0 Å². The lowest BCUT2D eigenvalue weighted by Gasteiger charge is -2.46. The summed E-state index contributed by atoms with van der Waals surface area (Å²) in [4.78, 5) is 15.2. The number of nitro groups is 1. The Labute approximate surface area is 125 Å². The smallest absolute Gasteiger partial charge is 0.269 e. The number of likely N-dealkylation sites (tertiary alicyclic amines) is 1. The number of hydrogen-bond donors (Lipinski definition) is 0. The molecular formula is C16H23N3O2. The highest BCUT2D eigenvalue weighted by Gasteiger charge is 2.36. The van der Waals surface area contributed by atoms with Crippen LogP contribution >= 0.6 is 0 Å². The molecule has 5 heteroatoms. The Morgan fingerprint density at radius 3 is 2.05 bits per heavy atom. The van der Waals surface area contributed by atoms with E-state index < -0.39 is 0 Å². The number of benzene rings is 1. The van der Waals surface area contributed by atoms with E-state index in [0.717, 1.165) is 18.8 Å². The van der Waals surface area contributed by atoms with Crippen molar-refractivity contribution in [2.24, 2.45) is 5.41 Å². The summed E-state index contributed by atoms with van der Waals surface area (Å²) in [5, 5.41) is 10.7. The SMILES string of the molecule is CN1CCC2(CC1)CCN(c1ccc([N+](=O)[O-])cc1)CC2. The fourth-order valence-electron chi connectivity index (χ4n) is 3.62. The standard InChI is InChI=1S/C16H23N3O2/c1-17-10-6-16(7-11-17)8-12-18(13-9-16)14-2-4-15(5-3-14)19(20)21/h2-5H,6-13H2,1H3. The molecule has 2 saturated heterocycles. The van der Waals surface area contributed by atoms with Gasteiger partial charge in [-0.25, -0.2) is 0 Å². The maximum absolute atomic E-state index is 10.7. The van der Waals surface area contributed by atoms with Crippen molar-refractivity contribution in [3.05, 3.63) is 34.4 Å². The zero-order valence-electron chi connectivity index (χ0n) is 12.6. The number of nitrogens with zero attached hydrogens (tertiary/aromatic N) is 3. The Hall–Kier alpha value is -1.62. The molecular weight excluding hydrogens is 266 g/mol. The van der Waals surface area contributed by atoms with Gasteiger partial charge in [0.1, 0.15) is 0 Å². The van der Waals surface area contributed by atoms with Crippen LogP contribution in [0.4, 0.5) is 11.4 Å². The van der Waals surface area contributed by atoms with Gasteiger partial charge in [0.15, 0.2) is 0 Å². The molecule has 2 aliphatic rings. The summed E-state index contributed by atoms with van der Waals surface area (Å²) in [7, 11) is 2.21. The topological polar surface area (TPSA) is 49.6 Å². The highest BCUT2D eigenvalue weighted by Crippen LogP contribution is 2.41. The van der Waals surface area contributed by atoms with Crippen LogP contribution in [0.1, 0.15) is 25.7 Å². The predicted octanol–water partition coefficient (Wildman–Crippen LogP) is 2.91. The zero-order valence-corrected chi connectivity index (χ0v) is 12.6. The van der Waals surface area contributed by atoms with E-state index in [-0.39, 0.29) is 10.6 Å². The molecule has 1 aromatic rings. The van der Waals surface area contributed by atoms with Crippen molar-refractivity contribution in [3.63, 3.8) is 0 Å². The molecule has 21 heavy (non-hydrogen) atoms. The lowest BCUT2D eigenvalue weighted by molar-refractivity contribution is -0.384. The number of hydrogen-bond acceptors (Lipinski definition) is 4. The van der Waals surface area contributed by atoms with E-state index in [1.807, 2.05) is 12.1 Å². The second-order valence-electron chi connectivity index (χ2n) is 6.56. The van der Waals surface area contributed by atoms with Crippen molar-refractivity contribution in [1.82, 2.24) is 4.90 Å². The van der Waals surface area contributed by atoms with Crippen LogP contribution in [0.15, 0.2) is 24.3 Å². The van der Waals surface area contributed by atoms with Gasteiger partial charge in [-0.3, -0.25) is 10.1 Å². The Bertz CT molecular complexity index is 497. The van der Waals surface area contributed by atoms with Gasteiger partial charge in [-0.2, -0.15) is 0 Å². The molecule has 2 aliphatic heterocycles. The first-order chi connectivity index (χ1) is 10.1. The van der Waals surface area contributed by atoms with Gasteiger partial charge < -0.3 is 9.80 Å². The molecule has 5 nitrogen and oxygen atoms in total. The van der Waals surface area contributed by atoms with Crippen molar-refractivity contribution < 1.29 is 4.92 Å². The van der Waals surface area contributed by atoms with Crippen LogP contribution in [0.3, 0.4) is 0 Å².